The Morgan fingerprint density at radius 3 is 2.45 bits per heavy atom. The van der Waals surface area contributed by atoms with Crippen molar-refractivity contribution in [1.29, 1.82) is 0 Å². The highest BCUT2D eigenvalue weighted by atomic mass is 32.2. The number of carbonyl (C=O) groups is 1. The fourth-order valence-corrected chi connectivity index (χ4v) is 4.71. The SMILES string of the molecule is CCc1ccc(NC(=O)Cn2c(=O)n(-c3ccccc3)c(=O)c3sc(SC)nc32)cc1. The molecular formula is C22H20N4O3S2. The monoisotopic (exact) mass is 452 g/mol. The summed E-state index contributed by atoms with van der Waals surface area (Å²) in [6.07, 6.45) is 2.76. The molecule has 0 saturated carbocycles. The Morgan fingerprint density at radius 1 is 1.10 bits per heavy atom. The maximum atomic E-state index is 13.3. The molecule has 0 fully saturated rings. The van der Waals surface area contributed by atoms with Crippen LogP contribution in [0.15, 0.2) is 68.5 Å². The van der Waals surface area contributed by atoms with Crippen molar-refractivity contribution in [3.63, 3.8) is 0 Å². The molecule has 1 amide bonds. The van der Waals surface area contributed by atoms with Crippen LogP contribution < -0.4 is 16.6 Å². The highest BCUT2D eigenvalue weighted by Crippen LogP contribution is 2.25. The largest absolute Gasteiger partial charge is 0.337 e. The first-order chi connectivity index (χ1) is 15.0. The van der Waals surface area contributed by atoms with E-state index in [4.69, 9.17) is 0 Å². The first-order valence-corrected chi connectivity index (χ1v) is 11.7. The average Bonchev–Trinajstić information content (AvgIpc) is 3.23. The number of aryl methyl sites for hydroxylation is 1. The Morgan fingerprint density at radius 2 is 1.81 bits per heavy atom. The van der Waals surface area contributed by atoms with Crippen LogP contribution in [0.3, 0.4) is 0 Å². The molecule has 4 rings (SSSR count). The summed E-state index contributed by atoms with van der Waals surface area (Å²) in [6.45, 7) is 1.80. The van der Waals surface area contributed by atoms with Gasteiger partial charge in [0.05, 0.1) is 5.69 Å². The van der Waals surface area contributed by atoms with Crippen molar-refractivity contribution in [2.24, 2.45) is 0 Å². The van der Waals surface area contributed by atoms with Crippen molar-refractivity contribution in [2.45, 2.75) is 24.2 Å². The van der Waals surface area contributed by atoms with Gasteiger partial charge in [-0.25, -0.2) is 14.3 Å². The van der Waals surface area contributed by atoms with Crippen LogP contribution in [0.1, 0.15) is 12.5 Å². The zero-order valence-corrected chi connectivity index (χ0v) is 18.6. The van der Waals surface area contributed by atoms with Gasteiger partial charge in [0, 0.05) is 5.69 Å². The van der Waals surface area contributed by atoms with E-state index in [0.29, 0.717) is 20.4 Å². The van der Waals surface area contributed by atoms with Crippen molar-refractivity contribution in [3.8, 4) is 5.69 Å². The molecule has 0 bridgehead atoms. The van der Waals surface area contributed by atoms with Gasteiger partial charge >= 0.3 is 5.69 Å². The molecule has 7 nitrogen and oxygen atoms in total. The zero-order valence-electron chi connectivity index (χ0n) is 17.0. The lowest BCUT2D eigenvalue weighted by Gasteiger charge is -2.12. The smallest absolute Gasteiger partial charge is 0.325 e. The maximum absolute atomic E-state index is 13.3. The summed E-state index contributed by atoms with van der Waals surface area (Å²) in [7, 11) is 0. The van der Waals surface area contributed by atoms with E-state index >= 15 is 0 Å². The lowest BCUT2D eigenvalue weighted by atomic mass is 10.1. The summed E-state index contributed by atoms with van der Waals surface area (Å²) >= 11 is 2.61. The summed E-state index contributed by atoms with van der Waals surface area (Å²) in [5, 5.41) is 2.81. The van der Waals surface area contributed by atoms with Gasteiger partial charge < -0.3 is 5.32 Å². The molecule has 9 heteroatoms. The van der Waals surface area contributed by atoms with E-state index in [9.17, 15) is 14.4 Å². The fraction of sp³-hybridized carbons (Fsp3) is 0.182. The van der Waals surface area contributed by atoms with Crippen LogP contribution in [0.25, 0.3) is 16.0 Å². The van der Waals surface area contributed by atoms with Crippen LogP contribution in [-0.4, -0.2) is 26.3 Å². The first-order valence-electron chi connectivity index (χ1n) is 9.66. The number of thiazole rings is 1. The molecule has 4 aromatic rings. The third-order valence-corrected chi connectivity index (χ3v) is 6.82. The Kier molecular flexibility index (Phi) is 6.06. The van der Waals surface area contributed by atoms with E-state index in [1.165, 1.54) is 27.7 Å². The van der Waals surface area contributed by atoms with Crippen molar-refractivity contribution < 1.29 is 4.79 Å². The molecular weight excluding hydrogens is 432 g/mol. The standard InChI is InChI=1S/C22H20N4O3S2/c1-3-14-9-11-15(12-10-14)23-17(27)13-25-19-18(31-21(24-19)30-2)20(28)26(22(25)29)16-7-5-4-6-8-16/h4-12H,3,13H2,1-2H3,(H,23,27). The number of anilines is 1. The van der Waals surface area contributed by atoms with Crippen molar-refractivity contribution in [1.82, 2.24) is 14.1 Å². The number of nitrogens with zero attached hydrogens (tertiary/aromatic N) is 3. The molecule has 2 aromatic carbocycles. The summed E-state index contributed by atoms with van der Waals surface area (Å²) in [4.78, 5) is 43.5. The minimum absolute atomic E-state index is 0.230. The third kappa shape index (κ3) is 4.19. The number of aromatic nitrogens is 3. The van der Waals surface area contributed by atoms with Crippen molar-refractivity contribution in [3.05, 3.63) is 81.0 Å². The van der Waals surface area contributed by atoms with E-state index in [2.05, 4.69) is 17.2 Å². The molecule has 0 aliphatic heterocycles. The van der Waals surface area contributed by atoms with Gasteiger partial charge in [0.2, 0.25) is 5.91 Å². The highest BCUT2D eigenvalue weighted by Gasteiger charge is 2.20. The number of nitrogens with one attached hydrogen (secondary N) is 1. The van der Waals surface area contributed by atoms with Gasteiger partial charge in [0.15, 0.2) is 9.99 Å². The Labute approximate surface area is 186 Å². The number of hydrogen-bond acceptors (Lipinski definition) is 6. The van der Waals surface area contributed by atoms with Crippen molar-refractivity contribution in [2.75, 3.05) is 11.6 Å². The number of fused-ring (bicyclic) bond motifs is 1. The average molecular weight is 453 g/mol. The molecule has 2 heterocycles. The normalized spacial score (nSPS) is 11.0. The molecule has 0 unspecified atom stereocenters. The number of para-hydroxylation sites is 1. The molecule has 158 valence electrons. The lowest BCUT2D eigenvalue weighted by molar-refractivity contribution is -0.116. The molecule has 2 aromatic heterocycles. The van der Waals surface area contributed by atoms with E-state index < -0.39 is 11.2 Å². The van der Waals surface area contributed by atoms with Gasteiger partial charge in [0.1, 0.15) is 11.2 Å². The topological polar surface area (TPSA) is 86.0 Å². The number of thioether (sulfide) groups is 1. The third-order valence-electron chi connectivity index (χ3n) is 4.80. The number of carbonyl (C=O) groups excluding carboxylic acids is 1. The molecule has 0 aliphatic carbocycles. The first kappa shape index (κ1) is 21.1. The minimum Gasteiger partial charge on any atom is -0.325 e. The summed E-state index contributed by atoms with van der Waals surface area (Å²) < 4.78 is 3.35. The van der Waals surface area contributed by atoms with Crippen molar-refractivity contribution >= 4 is 45.0 Å². The summed E-state index contributed by atoms with van der Waals surface area (Å²) in [5.74, 6) is -0.371. The molecule has 31 heavy (non-hydrogen) atoms. The fourth-order valence-electron chi connectivity index (χ4n) is 3.22. The van der Waals surface area contributed by atoms with Crippen LogP contribution in [0, 0.1) is 0 Å². The zero-order chi connectivity index (χ0) is 22.0. The van der Waals surface area contributed by atoms with Gasteiger partial charge in [-0.15, -0.1) is 11.3 Å². The molecule has 0 aliphatic rings. The number of rotatable bonds is 6. The van der Waals surface area contributed by atoms with Gasteiger partial charge in [-0.2, -0.15) is 0 Å². The Balaban J connectivity index is 1.78. The minimum atomic E-state index is -0.599. The predicted molar refractivity (Wildman–Crippen MR) is 126 cm³/mol. The lowest BCUT2D eigenvalue weighted by Crippen LogP contribution is -2.40. The number of amides is 1. The van der Waals surface area contributed by atoms with Gasteiger partial charge in [-0.3, -0.25) is 14.2 Å². The molecule has 0 atom stereocenters. The maximum Gasteiger partial charge on any atom is 0.337 e. The second-order valence-electron chi connectivity index (χ2n) is 6.78. The number of hydrogen-bond donors (Lipinski definition) is 1. The molecule has 0 saturated heterocycles. The Bertz CT molecular complexity index is 1360. The van der Waals surface area contributed by atoms with Crippen LogP contribution in [0.2, 0.25) is 0 Å². The highest BCUT2D eigenvalue weighted by molar-refractivity contribution is 8.00. The van der Waals surface area contributed by atoms with Crippen LogP contribution in [0.5, 0.6) is 0 Å². The predicted octanol–water partition coefficient (Wildman–Crippen LogP) is 3.53. The van der Waals surface area contributed by atoms with Gasteiger partial charge in [-0.05, 0) is 42.5 Å². The van der Waals surface area contributed by atoms with Crippen LogP contribution >= 0.6 is 23.1 Å². The van der Waals surface area contributed by atoms with Gasteiger partial charge in [0.25, 0.3) is 5.56 Å². The van der Waals surface area contributed by atoms with Gasteiger partial charge in [-0.1, -0.05) is 49.0 Å². The number of benzene rings is 2. The van der Waals surface area contributed by atoms with E-state index in [1.54, 1.807) is 30.3 Å². The summed E-state index contributed by atoms with van der Waals surface area (Å²) in [6, 6.07) is 16.2. The second kappa shape index (κ2) is 8.91. The van der Waals surface area contributed by atoms with Crippen LogP contribution in [-0.2, 0) is 17.8 Å². The summed E-state index contributed by atoms with van der Waals surface area (Å²) in [5.41, 5.74) is 1.45. The van der Waals surface area contributed by atoms with E-state index in [-0.39, 0.29) is 18.1 Å². The molecule has 1 N–H and O–H groups in total. The quantitative estimate of drug-likeness (QED) is 0.452. The van der Waals surface area contributed by atoms with Crippen LogP contribution in [0.4, 0.5) is 5.69 Å². The second-order valence-corrected chi connectivity index (χ2v) is 8.83. The van der Waals surface area contributed by atoms with E-state index in [1.807, 2.05) is 30.5 Å². The molecule has 0 radical (unpaired) electrons. The molecule has 0 spiro atoms. The van der Waals surface area contributed by atoms with E-state index in [0.717, 1.165) is 16.6 Å². The Hall–Kier alpha value is -3.17.